The molecule has 2 spiro atoms. The van der Waals surface area contributed by atoms with Crippen LogP contribution < -0.4 is 0 Å². The Morgan fingerprint density at radius 1 is 0.605 bits per heavy atom. The van der Waals surface area contributed by atoms with E-state index in [1.54, 1.807) is 0 Å². The van der Waals surface area contributed by atoms with E-state index in [-0.39, 0.29) is 34.4 Å². The lowest BCUT2D eigenvalue weighted by Crippen LogP contribution is -2.64. The van der Waals surface area contributed by atoms with Crippen LogP contribution in [-0.2, 0) is 28.4 Å². The number of ether oxygens (including phenoxy) is 6. The van der Waals surface area contributed by atoms with Gasteiger partial charge in [-0.2, -0.15) is 0 Å². The zero-order chi connectivity index (χ0) is 28.0. The lowest BCUT2D eigenvalue weighted by atomic mass is 9.76. The molecule has 0 N–H and O–H groups in total. The van der Waals surface area contributed by atoms with E-state index in [1.807, 2.05) is 0 Å². The Morgan fingerprint density at radius 2 is 0.921 bits per heavy atom. The van der Waals surface area contributed by atoms with Gasteiger partial charge in [0.15, 0.2) is 11.6 Å². The van der Waals surface area contributed by atoms with Gasteiger partial charge in [0, 0.05) is 47.8 Å². The van der Waals surface area contributed by atoms with Crippen LogP contribution in [0, 0.1) is 11.8 Å². The molecule has 0 amide bonds. The summed E-state index contributed by atoms with van der Waals surface area (Å²) in [5.74, 6) is 5.02. The Balaban J connectivity index is 1.13. The van der Waals surface area contributed by atoms with Gasteiger partial charge in [0.25, 0.3) is 0 Å². The zero-order valence-electron chi connectivity index (χ0n) is 25.6. The second-order valence-corrected chi connectivity index (χ2v) is 14.4. The van der Waals surface area contributed by atoms with E-state index in [0.717, 1.165) is 25.7 Å². The molecule has 0 radical (unpaired) electrons. The molecule has 4 fully saturated rings. The number of hydrogen-bond acceptors (Lipinski definition) is 8. The van der Waals surface area contributed by atoms with Gasteiger partial charge in [-0.3, -0.25) is 9.80 Å². The van der Waals surface area contributed by atoms with Crippen molar-refractivity contribution in [1.29, 1.82) is 0 Å². The first-order valence-electron chi connectivity index (χ1n) is 14.2. The van der Waals surface area contributed by atoms with E-state index in [4.69, 9.17) is 28.4 Å². The van der Waals surface area contributed by atoms with Gasteiger partial charge in [-0.15, -0.1) is 0 Å². The fourth-order valence-corrected chi connectivity index (χ4v) is 7.23. The van der Waals surface area contributed by atoms with Crippen molar-refractivity contribution >= 4 is 0 Å². The fourth-order valence-electron chi connectivity index (χ4n) is 7.23. The molecule has 2 unspecified atom stereocenters. The van der Waals surface area contributed by atoms with E-state index in [0.29, 0.717) is 39.6 Å². The number of piperidine rings is 2. The van der Waals surface area contributed by atoms with E-state index in [2.05, 4.69) is 91.1 Å². The minimum atomic E-state index is -0.531. The average molecular weight is 537 g/mol. The van der Waals surface area contributed by atoms with Gasteiger partial charge in [0.2, 0.25) is 0 Å². The maximum Gasteiger partial charge on any atom is 0.172 e. The van der Waals surface area contributed by atoms with E-state index in [9.17, 15) is 0 Å². The molecule has 4 saturated heterocycles. The average Bonchev–Trinajstić information content (AvgIpc) is 3.34. The van der Waals surface area contributed by atoms with Gasteiger partial charge >= 0.3 is 0 Å². The maximum absolute atomic E-state index is 6.42. The third-order valence-corrected chi connectivity index (χ3v) is 9.35. The lowest BCUT2D eigenvalue weighted by Gasteiger charge is -2.56. The van der Waals surface area contributed by atoms with Crippen molar-refractivity contribution in [2.45, 2.75) is 127 Å². The molecule has 4 aliphatic heterocycles. The van der Waals surface area contributed by atoms with Crippen LogP contribution in [0.2, 0.25) is 0 Å². The number of nitrogens with zero attached hydrogens (tertiary/aromatic N) is 2. The predicted molar refractivity (Wildman–Crippen MR) is 147 cm³/mol. The molecule has 38 heavy (non-hydrogen) atoms. The van der Waals surface area contributed by atoms with Gasteiger partial charge in [-0.05, 0) is 69.5 Å². The summed E-state index contributed by atoms with van der Waals surface area (Å²) in [5, 5.41) is 0. The van der Waals surface area contributed by atoms with Crippen LogP contribution in [-0.4, -0.2) is 109 Å². The highest BCUT2D eigenvalue weighted by Gasteiger charge is 2.56. The smallest absolute Gasteiger partial charge is 0.172 e. The van der Waals surface area contributed by atoms with Gasteiger partial charge in [-0.25, -0.2) is 0 Å². The molecule has 4 aliphatic rings. The molecule has 4 heterocycles. The molecule has 0 aliphatic carbocycles. The van der Waals surface area contributed by atoms with Crippen LogP contribution in [0.5, 0.6) is 0 Å². The van der Waals surface area contributed by atoms with Crippen LogP contribution in [0.3, 0.4) is 0 Å². The summed E-state index contributed by atoms with van der Waals surface area (Å²) < 4.78 is 36.9. The molecular weight excluding hydrogens is 484 g/mol. The summed E-state index contributed by atoms with van der Waals surface area (Å²) in [4.78, 5) is 4.86. The van der Waals surface area contributed by atoms with Crippen LogP contribution >= 0.6 is 0 Å². The molecule has 0 aromatic rings. The summed E-state index contributed by atoms with van der Waals surface area (Å²) in [7, 11) is 4.37. The third-order valence-electron chi connectivity index (χ3n) is 9.35. The van der Waals surface area contributed by atoms with Crippen molar-refractivity contribution in [3.63, 3.8) is 0 Å². The zero-order valence-corrected chi connectivity index (χ0v) is 25.6. The predicted octanol–water partition coefficient (Wildman–Crippen LogP) is 3.81. The SMILES string of the molecule is CN1C(C)(C)CC2(CC1(C)C)OCC(COCC#CCOCC1COC3(CC(C)(C)N(C)C(C)(C)C3)O1)O2. The molecule has 0 bridgehead atoms. The van der Waals surface area contributed by atoms with Gasteiger partial charge in [0.1, 0.15) is 25.4 Å². The summed E-state index contributed by atoms with van der Waals surface area (Å²) in [6.07, 6.45) is 3.25. The molecular formula is C30H52N2O6. The van der Waals surface area contributed by atoms with Gasteiger partial charge in [0.05, 0.1) is 26.4 Å². The molecule has 8 nitrogen and oxygen atoms in total. The minimum absolute atomic E-state index is 0.000481. The van der Waals surface area contributed by atoms with Crippen LogP contribution in [0.4, 0.5) is 0 Å². The van der Waals surface area contributed by atoms with Crippen molar-refractivity contribution in [2.75, 3.05) is 53.7 Å². The van der Waals surface area contributed by atoms with Crippen LogP contribution in [0.1, 0.15) is 81.1 Å². The van der Waals surface area contributed by atoms with Crippen molar-refractivity contribution < 1.29 is 28.4 Å². The number of hydrogen-bond donors (Lipinski definition) is 0. The first-order valence-corrected chi connectivity index (χ1v) is 14.2. The Bertz CT molecular complexity index is 798. The van der Waals surface area contributed by atoms with E-state index < -0.39 is 11.6 Å². The van der Waals surface area contributed by atoms with Gasteiger partial charge < -0.3 is 28.4 Å². The topological polar surface area (TPSA) is 61.9 Å². The van der Waals surface area contributed by atoms with Crippen LogP contribution in [0.25, 0.3) is 0 Å². The Labute approximate surface area is 230 Å². The summed E-state index contributed by atoms with van der Waals surface area (Å²) >= 11 is 0. The molecule has 0 aromatic heterocycles. The maximum atomic E-state index is 6.42. The first kappa shape index (κ1) is 30.2. The Hall–Kier alpha value is -0.760. The van der Waals surface area contributed by atoms with Crippen LogP contribution in [0.15, 0.2) is 0 Å². The second-order valence-electron chi connectivity index (χ2n) is 14.4. The second kappa shape index (κ2) is 10.6. The number of rotatable bonds is 6. The molecule has 2 atom stereocenters. The lowest BCUT2D eigenvalue weighted by molar-refractivity contribution is -0.244. The third kappa shape index (κ3) is 6.42. The minimum Gasteiger partial charge on any atom is -0.366 e. The van der Waals surface area contributed by atoms with Crippen molar-refractivity contribution in [2.24, 2.45) is 0 Å². The molecule has 0 saturated carbocycles. The summed E-state index contributed by atoms with van der Waals surface area (Å²) in [6, 6.07) is 0. The first-order chi connectivity index (χ1) is 17.5. The molecule has 218 valence electrons. The van der Waals surface area contributed by atoms with E-state index in [1.165, 1.54) is 0 Å². The van der Waals surface area contributed by atoms with Crippen molar-refractivity contribution in [1.82, 2.24) is 9.80 Å². The molecule has 0 aromatic carbocycles. The standard InChI is InChI=1S/C30H52N2O6/c1-25(2)19-29(20-26(3,4)31(25)9)35-17-23(37-29)15-33-13-11-12-14-34-16-24-18-36-30(38-24)21-27(5,6)32(10)28(7,8)22-30/h23-24H,13-22H2,1-10H3. The van der Waals surface area contributed by atoms with Crippen molar-refractivity contribution in [3.8, 4) is 11.8 Å². The Kier molecular flexibility index (Phi) is 8.40. The highest BCUT2D eigenvalue weighted by molar-refractivity contribution is 5.05. The monoisotopic (exact) mass is 536 g/mol. The summed E-state index contributed by atoms with van der Waals surface area (Å²) in [6.45, 7) is 20.8. The highest BCUT2D eigenvalue weighted by Crippen LogP contribution is 2.48. The molecule has 8 heteroatoms. The highest BCUT2D eigenvalue weighted by atomic mass is 16.8. The largest absolute Gasteiger partial charge is 0.366 e. The Morgan fingerprint density at radius 3 is 1.24 bits per heavy atom. The quantitative estimate of drug-likeness (QED) is 0.375. The normalized spacial score (nSPS) is 32.9. The number of likely N-dealkylation sites (tertiary alicyclic amines) is 2. The van der Waals surface area contributed by atoms with Crippen molar-refractivity contribution in [3.05, 3.63) is 0 Å². The fraction of sp³-hybridized carbons (Fsp3) is 0.933. The molecule has 4 rings (SSSR count). The van der Waals surface area contributed by atoms with E-state index >= 15 is 0 Å². The van der Waals surface area contributed by atoms with Gasteiger partial charge in [-0.1, -0.05) is 11.8 Å². The summed E-state index contributed by atoms with van der Waals surface area (Å²) in [5.41, 5.74) is -0.00193.